The Morgan fingerprint density at radius 3 is 2.42 bits per heavy atom. The largest absolute Gasteiger partial charge is 0.493 e. The number of amides is 1. The molecule has 3 atom stereocenters. The summed E-state index contributed by atoms with van der Waals surface area (Å²) >= 11 is 6.32. The number of hydrogen-bond acceptors (Lipinski definition) is 7. The molecule has 8 nitrogen and oxygen atoms in total. The molecule has 1 fully saturated rings. The average molecular weight is 607 g/mol. The zero-order valence-corrected chi connectivity index (χ0v) is 26.1. The summed E-state index contributed by atoms with van der Waals surface area (Å²) in [6.07, 6.45) is 1.81. The first-order valence-electron chi connectivity index (χ1n) is 14.7. The van der Waals surface area contributed by atoms with Crippen molar-refractivity contribution in [1.82, 2.24) is 4.90 Å². The highest BCUT2D eigenvalue weighted by Gasteiger charge is 2.38. The van der Waals surface area contributed by atoms with Crippen LogP contribution in [0, 0.1) is 0 Å². The van der Waals surface area contributed by atoms with E-state index < -0.39 is 6.04 Å². The first kappa shape index (κ1) is 30.9. The van der Waals surface area contributed by atoms with E-state index in [-0.39, 0.29) is 43.1 Å². The second kappa shape index (κ2) is 13.0. The van der Waals surface area contributed by atoms with Crippen molar-refractivity contribution >= 4 is 29.2 Å². The minimum atomic E-state index is -0.540. The Morgan fingerprint density at radius 1 is 1.02 bits per heavy atom. The van der Waals surface area contributed by atoms with Crippen molar-refractivity contribution in [3.05, 3.63) is 87.4 Å². The minimum Gasteiger partial charge on any atom is -0.493 e. The van der Waals surface area contributed by atoms with Gasteiger partial charge in [0.25, 0.3) is 0 Å². The fourth-order valence-corrected chi connectivity index (χ4v) is 6.58. The monoisotopic (exact) mass is 606 g/mol. The maximum absolute atomic E-state index is 14.0. The van der Waals surface area contributed by atoms with Crippen molar-refractivity contribution in [1.29, 1.82) is 0 Å². The van der Waals surface area contributed by atoms with Gasteiger partial charge in [-0.15, -0.1) is 0 Å². The van der Waals surface area contributed by atoms with E-state index in [1.165, 1.54) is 7.11 Å². The highest BCUT2D eigenvalue weighted by molar-refractivity contribution is 6.30. The number of carbonyl (C=O) groups is 2. The molecule has 0 aliphatic carbocycles. The summed E-state index contributed by atoms with van der Waals surface area (Å²) in [4.78, 5) is 30.3. The summed E-state index contributed by atoms with van der Waals surface area (Å²) in [6.45, 7) is 6.58. The molecule has 5 rings (SSSR count). The number of nitrogens with zero attached hydrogens (tertiary/aromatic N) is 2. The highest BCUT2D eigenvalue weighted by Crippen LogP contribution is 2.45. The van der Waals surface area contributed by atoms with Crippen LogP contribution in [0.5, 0.6) is 11.5 Å². The summed E-state index contributed by atoms with van der Waals surface area (Å²) in [5.74, 6) is 0.866. The Bertz CT molecular complexity index is 1490. The summed E-state index contributed by atoms with van der Waals surface area (Å²) in [5, 5.41) is 10.8. The predicted octanol–water partition coefficient (Wildman–Crippen LogP) is 6.01. The third kappa shape index (κ3) is 6.09. The maximum Gasteiger partial charge on any atom is 0.323 e. The third-order valence-corrected chi connectivity index (χ3v) is 8.67. The molecule has 0 aromatic heterocycles. The number of carbonyl (C=O) groups excluding carboxylic acids is 2. The first-order valence-corrected chi connectivity index (χ1v) is 15.1. The smallest absolute Gasteiger partial charge is 0.323 e. The number of fused-ring (bicyclic) bond motifs is 1. The number of anilines is 1. The number of aliphatic hydroxyl groups is 1. The molecule has 0 saturated carbocycles. The molecule has 2 heterocycles. The number of likely N-dealkylation sites (tertiary alicyclic amines) is 1. The van der Waals surface area contributed by atoms with Gasteiger partial charge in [-0.05, 0) is 104 Å². The van der Waals surface area contributed by atoms with Gasteiger partial charge in [0.15, 0.2) is 11.5 Å². The number of benzene rings is 3. The predicted molar refractivity (Wildman–Crippen MR) is 166 cm³/mol. The normalized spacial score (nSPS) is 19.3. The molecule has 228 valence electrons. The molecule has 0 bridgehead atoms. The molecule has 1 N–H and O–H groups in total. The van der Waals surface area contributed by atoms with Crippen molar-refractivity contribution in [2.24, 2.45) is 0 Å². The topological polar surface area (TPSA) is 88.5 Å². The van der Waals surface area contributed by atoms with Crippen molar-refractivity contribution in [2.75, 3.05) is 25.7 Å². The van der Waals surface area contributed by atoms with Crippen LogP contribution in [0.2, 0.25) is 5.02 Å². The molecule has 2 aliphatic heterocycles. The number of aliphatic hydroxyl groups excluding tert-OH is 1. The molecule has 3 aromatic rings. The number of hydrogen-bond donors (Lipinski definition) is 1. The maximum atomic E-state index is 14.0. The second-order valence-electron chi connectivity index (χ2n) is 11.4. The number of halogens is 1. The van der Waals surface area contributed by atoms with E-state index in [9.17, 15) is 14.7 Å². The molecule has 43 heavy (non-hydrogen) atoms. The number of rotatable bonds is 9. The SMILES string of the molecule is COC(=O)[C@@H]1CCCN1[C@@H](C)c1ccc(N2C(=O)Cc3cc(OC)c(OC(C)C)cc3[C@@H]2c2ccc(Cl)cc2CO)cc1. The number of ether oxygens (including phenoxy) is 3. The van der Waals surface area contributed by atoms with Crippen molar-refractivity contribution in [2.45, 2.75) is 70.9 Å². The van der Waals surface area contributed by atoms with Crippen LogP contribution in [-0.4, -0.2) is 54.8 Å². The van der Waals surface area contributed by atoms with E-state index in [4.69, 9.17) is 25.8 Å². The Balaban J connectivity index is 1.59. The lowest BCUT2D eigenvalue weighted by molar-refractivity contribution is -0.146. The van der Waals surface area contributed by atoms with E-state index in [0.29, 0.717) is 22.1 Å². The standard InChI is InChI=1S/C34H39ClN2O6/c1-20(2)43-31-18-28-23(16-30(31)41-4)17-32(39)37(33(28)27-13-10-25(35)15-24(27)19-38)26-11-8-22(9-12-26)21(3)36-14-6-7-29(36)34(40)42-5/h8-13,15-16,18,20-21,29,33,38H,6-7,14,17,19H2,1-5H3/t21-,29-,33-/m0/s1. The molecule has 0 unspecified atom stereocenters. The van der Waals surface area contributed by atoms with Crippen molar-refractivity contribution in [3.63, 3.8) is 0 Å². The molecule has 3 aromatic carbocycles. The lowest BCUT2D eigenvalue weighted by Crippen LogP contribution is -2.41. The second-order valence-corrected chi connectivity index (χ2v) is 11.8. The fraction of sp³-hybridized carbons (Fsp3) is 0.412. The van der Waals surface area contributed by atoms with Crippen molar-refractivity contribution in [3.8, 4) is 11.5 Å². The van der Waals surface area contributed by atoms with Gasteiger partial charge in [0.2, 0.25) is 5.91 Å². The van der Waals surface area contributed by atoms with Crippen LogP contribution < -0.4 is 14.4 Å². The van der Waals surface area contributed by atoms with Crippen LogP contribution in [0.1, 0.15) is 73.5 Å². The number of methoxy groups -OCH3 is 2. The van der Waals surface area contributed by atoms with E-state index >= 15 is 0 Å². The van der Waals surface area contributed by atoms with Crippen LogP contribution in [0.4, 0.5) is 5.69 Å². The Labute approximate surface area is 258 Å². The molecule has 1 amide bonds. The van der Waals surface area contributed by atoms with E-state index in [2.05, 4.69) is 11.8 Å². The molecule has 0 radical (unpaired) electrons. The summed E-state index contributed by atoms with van der Waals surface area (Å²) in [5.41, 5.74) is 4.91. The van der Waals surface area contributed by atoms with Gasteiger partial charge in [0.05, 0.1) is 39.4 Å². The van der Waals surface area contributed by atoms with Gasteiger partial charge in [-0.25, -0.2) is 0 Å². The van der Waals surface area contributed by atoms with Gasteiger partial charge in [0.1, 0.15) is 6.04 Å². The van der Waals surface area contributed by atoms with Crippen LogP contribution in [0.15, 0.2) is 54.6 Å². The molecule has 2 aliphatic rings. The summed E-state index contributed by atoms with van der Waals surface area (Å²) in [7, 11) is 3.02. The van der Waals surface area contributed by atoms with Crippen LogP contribution >= 0.6 is 11.6 Å². The van der Waals surface area contributed by atoms with Gasteiger partial charge >= 0.3 is 5.97 Å². The Morgan fingerprint density at radius 2 is 1.77 bits per heavy atom. The molecular formula is C34H39ClN2O6. The zero-order valence-electron chi connectivity index (χ0n) is 25.3. The van der Waals surface area contributed by atoms with E-state index in [1.54, 1.807) is 24.1 Å². The van der Waals surface area contributed by atoms with Gasteiger partial charge in [0, 0.05) is 16.8 Å². The van der Waals surface area contributed by atoms with Gasteiger partial charge in [-0.1, -0.05) is 29.8 Å². The summed E-state index contributed by atoms with van der Waals surface area (Å²) in [6, 6.07) is 16.4. The zero-order chi connectivity index (χ0) is 30.8. The molecule has 9 heteroatoms. The molecular weight excluding hydrogens is 568 g/mol. The quantitative estimate of drug-likeness (QED) is 0.299. The van der Waals surface area contributed by atoms with Crippen LogP contribution in [-0.2, 0) is 27.4 Å². The Kier molecular flexibility index (Phi) is 9.30. The number of esters is 1. The third-order valence-electron chi connectivity index (χ3n) is 8.44. The van der Waals surface area contributed by atoms with E-state index in [1.807, 2.05) is 56.3 Å². The molecule has 0 spiro atoms. The van der Waals surface area contributed by atoms with Crippen LogP contribution in [0.3, 0.4) is 0 Å². The van der Waals surface area contributed by atoms with E-state index in [0.717, 1.165) is 47.3 Å². The lowest BCUT2D eigenvalue weighted by atomic mass is 9.85. The van der Waals surface area contributed by atoms with Crippen LogP contribution in [0.25, 0.3) is 0 Å². The first-order chi connectivity index (χ1) is 20.7. The van der Waals surface area contributed by atoms with Gasteiger partial charge < -0.3 is 24.2 Å². The Hall–Kier alpha value is -3.59. The lowest BCUT2D eigenvalue weighted by Gasteiger charge is -2.39. The highest BCUT2D eigenvalue weighted by atomic mass is 35.5. The average Bonchev–Trinajstić information content (AvgIpc) is 3.49. The minimum absolute atomic E-state index is 0.00491. The van der Waals surface area contributed by atoms with Crippen molar-refractivity contribution < 1.29 is 28.9 Å². The van der Waals surface area contributed by atoms with Gasteiger partial charge in [-0.3, -0.25) is 14.5 Å². The fourth-order valence-electron chi connectivity index (χ4n) is 6.39. The molecule has 1 saturated heterocycles. The summed E-state index contributed by atoms with van der Waals surface area (Å²) < 4.78 is 16.8. The van der Waals surface area contributed by atoms with Gasteiger partial charge in [-0.2, -0.15) is 0 Å².